The Bertz CT molecular complexity index is 183. The Hall–Kier alpha value is -0.610. The van der Waals surface area contributed by atoms with E-state index in [9.17, 15) is 9.90 Å². The molecule has 0 bridgehead atoms. The average molecular weight is 173 g/mol. The largest absolute Gasteiger partial charge is 0.481 e. The van der Waals surface area contributed by atoms with Crippen molar-refractivity contribution >= 4 is 5.97 Å². The normalized spacial score (nSPS) is 30.8. The van der Waals surface area contributed by atoms with Crippen LogP contribution in [-0.2, 0) is 4.79 Å². The summed E-state index contributed by atoms with van der Waals surface area (Å²) < 4.78 is 0. The third-order valence-electron chi connectivity index (χ3n) is 2.33. The van der Waals surface area contributed by atoms with E-state index in [1.54, 1.807) is 0 Å². The number of aliphatic carboxylic acids is 1. The zero-order valence-electron chi connectivity index (χ0n) is 7.29. The predicted octanol–water partition coefficient (Wildman–Crippen LogP) is -0.0822. The second-order valence-corrected chi connectivity index (χ2v) is 3.61. The van der Waals surface area contributed by atoms with Crippen LogP contribution in [0.1, 0.15) is 19.3 Å². The summed E-state index contributed by atoms with van der Waals surface area (Å²) in [6.07, 6.45) is 1.12. The van der Waals surface area contributed by atoms with Gasteiger partial charge >= 0.3 is 5.97 Å². The van der Waals surface area contributed by atoms with Crippen molar-refractivity contribution in [3.05, 3.63) is 0 Å². The molecule has 0 aromatic rings. The maximum Gasteiger partial charge on any atom is 0.303 e. The Labute approximate surface area is 71.8 Å². The number of β-amino-alcohol motifs (C(OH)–C–C–N with tert-alkyl or cyclic N) is 1. The lowest BCUT2D eigenvalue weighted by molar-refractivity contribution is -0.138. The monoisotopic (exact) mass is 173 g/mol. The van der Waals surface area contributed by atoms with E-state index < -0.39 is 11.6 Å². The number of rotatable bonds is 3. The molecular weight excluding hydrogens is 158 g/mol. The minimum atomic E-state index is -0.835. The van der Waals surface area contributed by atoms with E-state index in [-0.39, 0.29) is 6.42 Å². The molecule has 1 saturated heterocycles. The fraction of sp³-hybridized carbons (Fsp3) is 0.875. The first-order valence-corrected chi connectivity index (χ1v) is 4.15. The van der Waals surface area contributed by atoms with Crippen LogP contribution in [0.15, 0.2) is 0 Å². The smallest absolute Gasteiger partial charge is 0.303 e. The summed E-state index contributed by atoms with van der Waals surface area (Å²) >= 11 is 0. The van der Waals surface area contributed by atoms with Crippen molar-refractivity contribution < 1.29 is 15.0 Å². The van der Waals surface area contributed by atoms with Crippen LogP contribution >= 0.6 is 0 Å². The molecule has 0 spiro atoms. The molecule has 4 heteroatoms. The van der Waals surface area contributed by atoms with Gasteiger partial charge in [-0.15, -0.1) is 0 Å². The molecule has 0 amide bonds. The summed E-state index contributed by atoms with van der Waals surface area (Å²) in [5.41, 5.74) is -0.757. The molecule has 0 saturated carbocycles. The summed E-state index contributed by atoms with van der Waals surface area (Å²) in [5.74, 6) is -0.835. The van der Waals surface area contributed by atoms with Gasteiger partial charge in [-0.05, 0) is 19.9 Å². The van der Waals surface area contributed by atoms with Crippen LogP contribution in [0.4, 0.5) is 0 Å². The number of likely N-dealkylation sites (tertiary alicyclic amines) is 1. The number of likely N-dealkylation sites (N-methyl/N-ethyl adjacent to an activating group) is 1. The van der Waals surface area contributed by atoms with Gasteiger partial charge in [0.2, 0.25) is 0 Å². The van der Waals surface area contributed by atoms with E-state index in [0.29, 0.717) is 19.4 Å². The lowest BCUT2D eigenvalue weighted by Gasteiger charge is -2.20. The number of carboxylic acids is 1. The highest BCUT2D eigenvalue weighted by Gasteiger charge is 2.34. The van der Waals surface area contributed by atoms with Crippen LogP contribution in [0, 0.1) is 0 Å². The zero-order chi connectivity index (χ0) is 9.19. The van der Waals surface area contributed by atoms with Crippen LogP contribution < -0.4 is 0 Å². The van der Waals surface area contributed by atoms with Crippen LogP contribution in [0.3, 0.4) is 0 Å². The molecule has 1 heterocycles. The van der Waals surface area contributed by atoms with Crippen LogP contribution in [0.25, 0.3) is 0 Å². The molecule has 1 unspecified atom stereocenters. The van der Waals surface area contributed by atoms with E-state index in [1.165, 1.54) is 0 Å². The molecule has 1 fully saturated rings. The highest BCUT2D eigenvalue weighted by atomic mass is 16.4. The van der Waals surface area contributed by atoms with E-state index in [4.69, 9.17) is 5.11 Å². The SMILES string of the molecule is CN1CCC(O)(CCC(=O)O)C1. The quantitative estimate of drug-likeness (QED) is 0.626. The predicted molar refractivity (Wildman–Crippen MR) is 43.9 cm³/mol. The molecule has 1 aliphatic heterocycles. The number of carbonyl (C=O) groups is 1. The highest BCUT2D eigenvalue weighted by molar-refractivity contribution is 5.66. The summed E-state index contributed by atoms with van der Waals surface area (Å²) in [7, 11) is 1.93. The fourth-order valence-corrected chi connectivity index (χ4v) is 1.60. The minimum Gasteiger partial charge on any atom is -0.481 e. The molecule has 0 radical (unpaired) electrons. The van der Waals surface area contributed by atoms with Crippen molar-refractivity contribution in [1.82, 2.24) is 4.90 Å². The highest BCUT2D eigenvalue weighted by Crippen LogP contribution is 2.24. The van der Waals surface area contributed by atoms with E-state index in [2.05, 4.69) is 0 Å². The lowest BCUT2D eigenvalue weighted by atomic mass is 9.97. The summed E-state index contributed by atoms with van der Waals surface area (Å²) in [5, 5.41) is 18.2. The van der Waals surface area contributed by atoms with Gasteiger partial charge in [0.15, 0.2) is 0 Å². The van der Waals surface area contributed by atoms with Crippen LogP contribution in [0.2, 0.25) is 0 Å². The molecule has 1 aliphatic rings. The van der Waals surface area contributed by atoms with Gasteiger partial charge in [0.1, 0.15) is 0 Å². The van der Waals surface area contributed by atoms with Gasteiger partial charge in [0.05, 0.1) is 5.60 Å². The summed E-state index contributed by atoms with van der Waals surface area (Å²) in [4.78, 5) is 12.3. The Morgan fingerprint density at radius 3 is 2.75 bits per heavy atom. The first kappa shape index (κ1) is 9.48. The second kappa shape index (κ2) is 3.41. The van der Waals surface area contributed by atoms with Crippen molar-refractivity contribution in [2.75, 3.05) is 20.1 Å². The summed E-state index contributed by atoms with van der Waals surface area (Å²) in [6.45, 7) is 1.45. The minimum absolute atomic E-state index is 0.0599. The van der Waals surface area contributed by atoms with Crippen LogP contribution in [-0.4, -0.2) is 46.8 Å². The van der Waals surface area contributed by atoms with Gasteiger partial charge in [-0.25, -0.2) is 0 Å². The van der Waals surface area contributed by atoms with Crippen LogP contribution in [0.5, 0.6) is 0 Å². The van der Waals surface area contributed by atoms with Gasteiger partial charge in [0, 0.05) is 19.5 Å². The molecule has 70 valence electrons. The second-order valence-electron chi connectivity index (χ2n) is 3.61. The van der Waals surface area contributed by atoms with Gasteiger partial charge in [0.25, 0.3) is 0 Å². The van der Waals surface area contributed by atoms with Gasteiger partial charge in [-0.2, -0.15) is 0 Å². The number of aliphatic hydroxyl groups is 1. The van der Waals surface area contributed by atoms with E-state index >= 15 is 0 Å². The number of hydrogen-bond donors (Lipinski definition) is 2. The maximum absolute atomic E-state index is 10.3. The molecule has 0 aromatic carbocycles. The summed E-state index contributed by atoms with van der Waals surface area (Å²) in [6, 6.07) is 0. The van der Waals surface area contributed by atoms with Crippen molar-refractivity contribution in [2.45, 2.75) is 24.9 Å². The van der Waals surface area contributed by atoms with Crippen molar-refractivity contribution in [1.29, 1.82) is 0 Å². The first-order chi connectivity index (χ1) is 5.52. The third-order valence-corrected chi connectivity index (χ3v) is 2.33. The molecule has 1 atom stereocenters. The maximum atomic E-state index is 10.3. The Balaban J connectivity index is 2.35. The van der Waals surface area contributed by atoms with Gasteiger partial charge in [-0.3, -0.25) is 4.79 Å². The topological polar surface area (TPSA) is 60.8 Å². The average Bonchev–Trinajstić information content (AvgIpc) is 2.29. The number of carboxylic acid groups (broad SMARTS) is 1. The molecule has 2 N–H and O–H groups in total. The lowest BCUT2D eigenvalue weighted by Crippen LogP contribution is -2.32. The van der Waals surface area contributed by atoms with Crippen molar-refractivity contribution in [3.63, 3.8) is 0 Å². The fourth-order valence-electron chi connectivity index (χ4n) is 1.60. The van der Waals surface area contributed by atoms with E-state index in [1.807, 2.05) is 11.9 Å². The van der Waals surface area contributed by atoms with Crippen molar-refractivity contribution in [2.24, 2.45) is 0 Å². The number of nitrogens with zero attached hydrogens (tertiary/aromatic N) is 1. The molecule has 0 aliphatic carbocycles. The zero-order valence-corrected chi connectivity index (χ0v) is 7.29. The molecule has 4 nitrogen and oxygen atoms in total. The molecule has 12 heavy (non-hydrogen) atoms. The number of hydrogen-bond acceptors (Lipinski definition) is 3. The Kier molecular flexibility index (Phi) is 2.69. The van der Waals surface area contributed by atoms with E-state index in [0.717, 1.165) is 6.54 Å². The molecule has 1 rings (SSSR count). The van der Waals surface area contributed by atoms with Gasteiger partial charge in [-0.1, -0.05) is 0 Å². The first-order valence-electron chi connectivity index (χ1n) is 4.15. The van der Waals surface area contributed by atoms with Crippen molar-refractivity contribution in [3.8, 4) is 0 Å². The standard InChI is InChI=1S/C8H15NO3/c1-9-5-4-8(12,6-9)3-2-7(10)11/h12H,2-6H2,1H3,(H,10,11). The van der Waals surface area contributed by atoms with Gasteiger partial charge < -0.3 is 15.1 Å². The molecular formula is C8H15NO3. The third kappa shape index (κ3) is 2.46. The Morgan fingerprint density at radius 2 is 2.33 bits per heavy atom. The Morgan fingerprint density at radius 1 is 1.67 bits per heavy atom. The molecule has 0 aromatic heterocycles.